The van der Waals surface area contributed by atoms with Gasteiger partial charge >= 0.3 is 0 Å². The molecule has 3 aromatic carbocycles. The predicted octanol–water partition coefficient (Wildman–Crippen LogP) is 6.68. The van der Waals surface area contributed by atoms with E-state index in [4.69, 9.17) is 18.9 Å². The molecule has 0 aliphatic carbocycles. The van der Waals surface area contributed by atoms with Gasteiger partial charge in [0.2, 0.25) is 0 Å². The molecule has 2 heterocycles. The number of rotatable bonds is 16. The first-order valence-electron chi connectivity index (χ1n) is 15.2. The van der Waals surface area contributed by atoms with Gasteiger partial charge in [0.15, 0.2) is 0 Å². The van der Waals surface area contributed by atoms with Crippen molar-refractivity contribution in [3.8, 4) is 11.5 Å². The second kappa shape index (κ2) is 16.0. The number of benzene rings is 3. The van der Waals surface area contributed by atoms with Crippen LogP contribution >= 0.6 is 0 Å². The minimum absolute atomic E-state index is 0.435. The Morgan fingerprint density at radius 3 is 2.09 bits per heavy atom. The van der Waals surface area contributed by atoms with Crippen molar-refractivity contribution in [2.24, 2.45) is 0 Å². The number of ether oxygens (including phenoxy) is 4. The van der Waals surface area contributed by atoms with Gasteiger partial charge in [0.25, 0.3) is 0 Å². The Morgan fingerprint density at radius 2 is 1.35 bits per heavy atom. The van der Waals surface area contributed by atoms with E-state index in [1.807, 2.05) is 36.5 Å². The monoisotopic (exact) mass is 581 g/mol. The van der Waals surface area contributed by atoms with Crippen LogP contribution in [0.25, 0.3) is 0 Å². The molecule has 4 aromatic rings. The molecule has 0 atom stereocenters. The standard InChI is InChI=1S/C36H43N3O4/c1-40-35-12-6-8-29(23-35)15-19-42-20-21-43-28-32-25-34(14-16-37-32)39(27-31-10-7-13-36(24-31)41-2)26-30-9-5-11-33(22-30)38-17-3-4-18-38/h5-14,16,22-25H,3-4,15,17-21,26-28H2,1-2H3. The van der Waals surface area contributed by atoms with E-state index in [0.717, 1.165) is 55.5 Å². The molecule has 0 spiro atoms. The maximum atomic E-state index is 5.93. The van der Waals surface area contributed by atoms with Gasteiger partial charge < -0.3 is 28.7 Å². The Kier molecular flexibility index (Phi) is 11.3. The molecule has 5 rings (SSSR count). The summed E-state index contributed by atoms with van der Waals surface area (Å²) < 4.78 is 22.5. The van der Waals surface area contributed by atoms with Gasteiger partial charge in [-0.05, 0) is 84.5 Å². The summed E-state index contributed by atoms with van der Waals surface area (Å²) in [6.45, 7) is 5.93. The second-order valence-electron chi connectivity index (χ2n) is 10.8. The topological polar surface area (TPSA) is 56.3 Å². The highest BCUT2D eigenvalue weighted by Crippen LogP contribution is 2.26. The van der Waals surface area contributed by atoms with Crippen LogP contribution in [0.5, 0.6) is 11.5 Å². The van der Waals surface area contributed by atoms with Crippen LogP contribution in [0.3, 0.4) is 0 Å². The average molecular weight is 582 g/mol. The number of hydrogen-bond acceptors (Lipinski definition) is 7. The van der Waals surface area contributed by atoms with E-state index in [9.17, 15) is 0 Å². The molecular formula is C36H43N3O4. The Hall–Kier alpha value is -4.07. The molecule has 0 radical (unpaired) electrons. The number of aromatic nitrogens is 1. The fraction of sp³-hybridized carbons (Fsp3) is 0.361. The van der Waals surface area contributed by atoms with Crippen LogP contribution in [0.1, 0.15) is 35.2 Å². The molecule has 1 saturated heterocycles. The van der Waals surface area contributed by atoms with Gasteiger partial charge in [-0.15, -0.1) is 0 Å². The average Bonchev–Trinajstić information content (AvgIpc) is 3.60. The Bertz CT molecular complexity index is 1420. The van der Waals surface area contributed by atoms with E-state index >= 15 is 0 Å². The highest BCUT2D eigenvalue weighted by atomic mass is 16.5. The summed E-state index contributed by atoms with van der Waals surface area (Å²) in [7, 11) is 3.39. The zero-order valence-corrected chi connectivity index (χ0v) is 25.4. The van der Waals surface area contributed by atoms with Crippen LogP contribution in [-0.2, 0) is 35.6 Å². The van der Waals surface area contributed by atoms with Crippen LogP contribution in [0.2, 0.25) is 0 Å². The minimum Gasteiger partial charge on any atom is -0.497 e. The van der Waals surface area contributed by atoms with E-state index in [1.54, 1.807) is 14.2 Å². The summed E-state index contributed by atoms with van der Waals surface area (Å²) in [5.41, 5.74) is 6.99. The molecule has 0 saturated carbocycles. The van der Waals surface area contributed by atoms with Crippen molar-refractivity contribution < 1.29 is 18.9 Å². The number of methoxy groups -OCH3 is 2. The largest absolute Gasteiger partial charge is 0.497 e. The van der Waals surface area contributed by atoms with Crippen molar-refractivity contribution >= 4 is 11.4 Å². The van der Waals surface area contributed by atoms with Crippen LogP contribution in [0.4, 0.5) is 11.4 Å². The molecule has 0 N–H and O–H groups in total. The normalized spacial score (nSPS) is 12.8. The summed E-state index contributed by atoms with van der Waals surface area (Å²) in [6, 6.07) is 29.5. The van der Waals surface area contributed by atoms with Crippen molar-refractivity contribution in [1.29, 1.82) is 0 Å². The van der Waals surface area contributed by atoms with Crippen molar-refractivity contribution in [2.45, 2.75) is 39.0 Å². The van der Waals surface area contributed by atoms with Gasteiger partial charge in [-0.3, -0.25) is 4.98 Å². The van der Waals surface area contributed by atoms with Gasteiger partial charge in [-0.1, -0.05) is 36.4 Å². The Balaban J connectivity index is 1.19. The first kappa shape index (κ1) is 30.4. The van der Waals surface area contributed by atoms with E-state index in [1.165, 1.54) is 35.2 Å². The third-order valence-electron chi connectivity index (χ3n) is 7.72. The first-order chi connectivity index (χ1) is 21.2. The zero-order valence-electron chi connectivity index (χ0n) is 25.4. The van der Waals surface area contributed by atoms with Crippen LogP contribution in [0, 0.1) is 0 Å². The molecule has 7 nitrogen and oxygen atoms in total. The summed E-state index contributed by atoms with van der Waals surface area (Å²) in [6.07, 6.45) is 5.25. The van der Waals surface area contributed by atoms with Crippen LogP contribution in [0.15, 0.2) is 91.1 Å². The number of anilines is 2. The first-order valence-corrected chi connectivity index (χ1v) is 15.2. The molecule has 1 aliphatic heterocycles. The molecule has 0 bridgehead atoms. The van der Waals surface area contributed by atoms with Crippen molar-refractivity contribution in [3.05, 3.63) is 114 Å². The van der Waals surface area contributed by atoms with Gasteiger partial charge in [0.05, 0.1) is 46.3 Å². The van der Waals surface area contributed by atoms with E-state index in [2.05, 4.69) is 69.4 Å². The second-order valence-corrected chi connectivity index (χ2v) is 10.8. The summed E-state index contributed by atoms with van der Waals surface area (Å²) in [5.74, 6) is 1.73. The Morgan fingerprint density at radius 1 is 0.698 bits per heavy atom. The highest BCUT2D eigenvalue weighted by molar-refractivity contribution is 5.52. The quantitative estimate of drug-likeness (QED) is 0.137. The lowest BCUT2D eigenvalue weighted by atomic mass is 10.1. The molecule has 226 valence electrons. The number of hydrogen-bond donors (Lipinski definition) is 0. The van der Waals surface area contributed by atoms with E-state index in [0.29, 0.717) is 26.4 Å². The fourth-order valence-electron chi connectivity index (χ4n) is 5.43. The summed E-state index contributed by atoms with van der Waals surface area (Å²) in [4.78, 5) is 9.47. The fourth-order valence-corrected chi connectivity index (χ4v) is 5.43. The molecule has 1 fully saturated rings. The molecule has 1 aromatic heterocycles. The lowest BCUT2D eigenvalue weighted by Crippen LogP contribution is -2.23. The Labute approximate surface area is 256 Å². The third-order valence-corrected chi connectivity index (χ3v) is 7.72. The maximum Gasteiger partial charge on any atom is 0.119 e. The van der Waals surface area contributed by atoms with E-state index < -0.39 is 0 Å². The molecule has 0 unspecified atom stereocenters. The van der Waals surface area contributed by atoms with E-state index in [-0.39, 0.29) is 0 Å². The molecule has 7 heteroatoms. The van der Waals surface area contributed by atoms with Crippen molar-refractivity contribution in [1.82, 2.24) is 4.98 Å². The summed E-state index contributed by atoms with van der Waals surface area (Å²) >= 11 is 0. The van der Waals surface area contributed by atoms with Gasteiger partial charge in [0, 0.05) is 43.8 Å². The highest BCUT2D eigenvalue weighted by Gasteiger charge is 2.15. The maximum absolute atomic E-state index is 5.93. The van der Waals surface area contributed by atoms with Gasteiger partial charge in [0.1, 0.15) is 11.5 Å². The molecule has 1 aliphatic rings. The number of pyridine rings is 1. The third kappa shape index (κ3) is 9.21. The number of nitrogens with zero attached hydrogens (tertiary/aromatic N) is 3. The van der Waals surface area contributed by atoms with Crippen LogP contribution in [-0.4, -0.2) is 52.1 Å². The molecular weight excluding hydrogens is 538 g/mol. The molecule has 0 amide bonds. The van der Waals surface area contributed by atoms with Crippen molar-refractivity contribution in [3.63, 3.8) is 0 Å². The van der Waals surface area contributed by atoms with Gasteiger partial charge in [-0.25, -0.2) is 0 Å². The molecule has 43 heavy (non-hydrogen) atoms. The predicted molar refractivity (Wildman–Crippen MR) is 172 cm³/mol. The lowest BCUT2D eigenvalue weighted by molar-refractivity contribution is 0.0405. The summed E-state index contributed by atoms with van der Waals surface area (Å²) in [5, 5.41) is 0. The minimum atomic E-state index is 0.435. The smallest absolute Gasteiger partial charge is 0.119 e. The lowest BCUT2D eigenvalue weighted by Gasteiger charge is -2.27. The van der Waals surface area contributed by atoms with Crippen LogP contribution < -0.4 is 19.3 Å². The van der Waals surface area contributed by atoms with Gasteiger partial charge in [-0.2, -0.15) is 0 Å². The SMILES string of the molecule is COc1cccc(CCOCCOCc2cc(N(Cc3cccc(OC)c3)Cc3cccc(N4CCCC4)c3)ccn2)c1. The zero-order chi connectivity index (χ0) is 29.7. The van der Waals surface area contributed by atoms with Crippen molar-refractivity contribution in [2.75, 3.05) is 56.9 Å².